The first-order valence-corrected chi connectivity index (χ1v) is 8.57. The molecule has 1 aromatic rings. The van der Waals surface area contributed by atoms with Crippen LogP contribution in [0, 0.1) is 0 Å². The van der Waals surface area contributed by atoms with E-state index in [4.69, 9.17) is 34.8 Å². The molecule has 2 unspecified atom stereocenters. The lowest BCUT2D eigenvalue weighted by atomic mass is 10.1. The number of carbonyl (C=O) groups is 1. The molecule has 2 fully saturated rings. The van der Waals surface area contributed by atoms with Crippen LogP contribution in [-0.2, 0) is 4.79 Å². The van der Waals surface area contributed by atoms with Gasteiger partial charge in [-0.15, -0.1) is 12.4 Å². The van der Waals surface area contributed by atoms with E-state index in [-0.39, 0.29) is 18.3 Å². The Bertz CT molecular complexity index is 584. The molecule has 8 heteroatoms. The Kier molecular flexibility index (Phi) is 6.84. The van der Waals surface area contributed by atoms with Crippen LogP contribution >= 0.6 is 47.2 Å². The first-order valence-electron chi connectivity index (χ1n) is 7.44. The molecule has 1 amide bonds. The van der Waals surface area contributed by atoms with Crippen LogP contribution < -0.4 is 10.6 Å². The van der Waals surface area contributed by atoms with Crippen LogP contribution in [0.3, 0.4) is 0 Å². The Hall–Kier alpha value is -0.230. The fraction of sp³-hybridized carbons (Fsp3) is 0.533. The number of nitrogens with zero attached hydrogens (tertiary/aromatic N) is 1. The molecule has 4 nitrogen and oxygen atoms in total. The molecule has 2 bridgehead atoms. The molecule has 0 radical (unpaired) electrons. The van der Waals surface area contributed by atoms with Gasteiger partial charge in [-0.25, -0.2) is 0 Å². The van der Waals surface area contributed by atoms with E-state index in [1.165, 1.54) is 18.9 Å². The van der Waals surface area contributed by atoms with Gasteiger partial charge in [0.25, 0.3) is 0 Å². The van der Waals surface area contributed by atoms with E-state index in [0.29, 0.717) is 39.4 Å². The molecule has 1 aromatic carbocycles. The van der Waals surface area contributed by atoms with Crippen molar-refractivity contribution in [2.24, 2.45) is 0 Å². The third-order valence-corrected chi connectivity index (χ3v) is 5.29. The molecule has 3 rings (SSSR count). The molecule has 2 N–H and O–H groups in total. The molecule has 0 spiro atoms. The molecular weight excluding hydrogens is 380 g/mol. The van der Waals surface area contributed by atoms with E-state index in [1.807, 2.05) is 0 Å². The maximum atomic E-state index is 12.2. The lowest BCUT2D eigenvalue weighted by Gasteiger charge is -2.23. The number of halogens is 4. The number of nitrogens with one attached hydrogen (secondary N) is 2. The van der Waals surface area contributed by atoms with Crippen molar-refractivity contribution >= 4 is 58.8 Å². The summed E-state index contributed by atoms with van der Waals surface area (Å²) in [6.45, 7) is 2.22. The molecule has 2 aliphatic rings. The molecular formula is C15H19Cl4N3O. The molecule has 0 aliphatic carbocycles. The van der Waals surface area contributed by atoms with Crippen molar-refractivity contribution in [3.63, 3.8) is 0 Å². The highest BCUT2D eigenvalue weighted by Gasteiger charge is 2.29. The lowest BCUT2D eigenvalue weighted by molar-refractivity contribution is -0.117. The van der Waals surface area contributed by atoms with E-state index in [1.54, 1.807) is 6.07 Å². The number of benzene rings is 1. The van der Waals surface area contributed by atoms with Crippen molar-refractivity contribution in [3.8, 4) is 0 Å². The van der Waals surface area contributed by atoms with Crippen molar-refractivity contribution < 1.29 is 4.79 Å². The SMILES string of the molecule is Cl.O=C(CN1CCC2CCC(C1)N2)Nc1cc(Cl)c(Cl)cc1Cl. The third-order valence-electron chi connectivity index (χ3n) is 4.26. The highest BCUT2D eigenvalue weighted by atomic mass is 35.5. The maximum absolute atomic E-state index is 12.2. The number of likely N-dealkylation sites (tertiary alicyclic amines) is 1. The summed E-state index contributed by atoms with van der Waals surface area (Å²) in [5.41, 5.74) is 0.496. The molecule has 2 heterocycles. The van der Waals surface area contributed by atoms with Crippen LogP contribution in [0.4, 0.5) is 5.69 Å². The summed E-state index contributed by atoms with van der Waals surface area (Å²) in [6.07, 6.45) is 3.54. The predicted octanol–water partition coefficient (Wildman–Crippen LogP) is 3.83. The normalized spacial score (nSPS) is 24.0. The number of hydrogen-bond donors (Lipinski definition) is 2. The minimum atomic E-state index is -0.0851. The first kappa shape index (κ1) is 19.1. The molecule has 23 heavy (non-hydrogen) atoms. The predicted molar refractivity (Wildman–Crippen MR) is 98.4 cm³/mol. The molecule has 2 atom stereocenters. The number of amides is 1. The fourth-order valence-electron chi connectivity index (χ4n) is 3.17. The van der Waals surface area contributed by atoms with E-state index >= 15 is 0 Å². The van der Waals surface area contributed by atoms with Gasteiger partial charge in [0.15, 0.2) is 0 Å². The molecule has 2 aliphatic heterocycles. The van der Waals surface area contributed by atoms with Crippen LogP contribution in [0.15, 0.2) is 12.1 Å². The Balaban J connectivity index is 0.00000192. The van der Waals surface area contributed by atoms with Crippen LogP contribution in [-0.4, -0.2) is 42.5 Å². The largest absolute Gasteiger partial charge is 0.324 e. The summed E-state index contributed by atoms with van der Waals surface area (Å²) in [6, 6.07) is 4.24. The highest BCUT2D eigenvalue weighted by molar-refractivity contribution is 6.44. The van der Waals surface area contributed by atoms with Gasteiger partial charge in [0.2, 0.25) is 5.91 Å². The average molecular weight is 399 g/mol. The van der Waals surface area contributed by atoms with Gasteiger partial charge in [-0.05, 0) is 31.4 Å². The van der Waals surface area contributed by atoms with Gasteiger partial charge in [-0.2, -0.15) is 0 Å². The highest BCUT2D eigenvalue weighted by Crippen LogP contribution is 2.32. The van der Waals surface area contributed by atoms with Crippen molar-refractivity contribution in [3.05, 3.63) is 27.2 Å². The standard InChI is InChI=1S/C15H18Cl3N3O.ClH/c16-11-5-13(18)14(6-12(11)17)20-15(22)8-21-4-3-9-1-2-10(7-21)19-9;/h5-6,9-10,19H,1-4,7-8H2,(H,20,22);1H. The monoisotopic (exact) mass is 397 g/mol. The van der Waals surface area contributed by atoms with Gasteiger partial charge in [-0.3, -0.25) is 9.69 Å². The summed E-state index contributed by atoms with van der Waals surface area (Å²) in [5, 5.41) is 7.55. The zero-order valence-electron chi connectivity index (χ0n) is 12.4. The fourth-order valence-corrected chi connectivity index (χ4v) is 3.76. The van der Waals surface area contributed by atoms with Gasteiger partial charge >= 0.3 is 0 Å². The van der Waals surface area contributed by atoms with Gasteiger partial charge in [-0.1, -0.05) is 34.8 Å². The number of carbonyl (C=O) groups excluding carboxylic acids is 1. The summed E-state index contributed by atoms with van der Waals surface area (Å²) >= 11 is 17.9. The van der Waals surface area contributed by atoms with Crippen molar-refractivity contribution in [1.82, 2.24) is 10.2 Å². The number of rotatable bonds is 3. The second-order valence-corrected chi connectivity index (χ2v) is 7.18. The van der Waals surface area contributed by atoms with E-state index in [2.05, 4.69) is 15.5 Å². The van der Waals surface area contributed by atoms with Crippen LogP contribution in [0.25, 0.3) is 0 Å². The van der Waals surface area contributed by atoms with Crippen LogP contribution in [0.1, 0.15) is 19.3 Å². The minimum Gasteiger partial charge on any atom is -0.324 e. The molecule has 2 saturated heterocycles. The zero-order chi connectivity index (χ0) is 15.7. The molecule has 0 aromatic heterocycles. The van der Waals surface area contributed by atoms with Crippen LogP contribution in [0.2, 0.25) is 15.1 Å². The van der Waals surface area contributed by atoms with Gasteiger partial charge < -0.3 is 10.6 Å². The molecule has 0 saturated carbocycles. The van der Waals surface area contributed by atoms with Gasteiger partial charge in [0.05, 0.1) is 27.3 Å². The lowest BCUT2D eigenvalue weighted by Crippen LogP contribution is -2.39. The maximum Gasteiger partial charge on any atom is 0.238 e. The minimum absolute atomic E-state index is 0. The quantitative estimate of drug-likeness (QED) is 0.760. The number of fused-ring (bicyclic) bond motifs is 2. The smallest absolute Gasteiger partial charge is 0.238 e. The number of anilines is 1. The average Bonchev–Trinajstić information content (AvgIpc) is 2.79. The summed E-state index contributed by atoms with van der Waals surface area (Å²) in [5.74, 6) is -0.0851. The van der Waals surface area contributed by atoms with E-state index in [0.717, 1.165) is 19.5 Å². The summed E-state index contributed by atoms with van der Waals surface area (Å²) < 4.78 is 0. The summed E-state index contributed by atoms with van der Waals surface area (Å²) in [4.78, 5) is 14.4. The van der Waals surface area contributed by atoms with E-state index in [9.17, 15) is 4.79 Å². The Morgan fingerprint density at radius 1 is 1.13 bits per heavy atom. The Morgan fingerprint density at radius 3 is 2.61 bits per heavy atom. The second-order valence-electron chi connectivity index (χ2n) is 5.96. The number of hydrogen-bond acceptors (Lipinski definition) is 3. The van der Waals surface area contributed by atoms with E-state index < -0.39 is 0 Å². The summed E-state index contributed by atoms with van der Waals surface area (Å²) in [7, 11) is 0. The van der Waals surface area contributed by atoms with Gasteiger partial charge in [0.1, 0.15) is 0 Å². The van der Waals surface area contributed by atoms with Crippen molar-refractivity contribution in [2.75, 3.05) is 25.0 Å². The molecule has 128 valence electrons. The second kappa shape index (κ2) is 8.24. The Morgan fingerprint density at radius 2 is 1.83 bits per heavy atom. The van der Waals surface area contributed by atoms with Crippen molar-refractivity contribution in [2.45, 2.75) is 31.3 Å². The topological polar surface area (TPSA) is 44.4 Å². The van der Waals surface area contributed by atoms with Gasteiger partial charge in [0, 0.05) is 25.2 Å². The van der Waals surface area contributed by atoms with Crippen molar-refractivity contribution in [1.29, 1.82) is 0 Å². The Labute approximate surface area is 157 Å². The zero-order valence-corrected chi connectivity index (χ0v) is 15.5. The first-order chi connectivity index (χ1) is 10.5. The van der Waals surface area contributed by atoms with Crippen LogP contribution in [0.5, 0.6) is 0 Å². The third kappa shape index (κ3) is 4.88.